The molecule has 2 aliphatic heterocycles. The van der Waals surface area contributed by atoms with Crippen molar-refractivity contribution in [1.82, 2.24) is 4.90 Å². The summed E-state index contributed by atoms with van der Waals surface area (Å²) in [6.07, 6.45) is 2.45. The van der Waals surface area contributed by atoms with Crippen LogP contribution in [-0.2, 0) is 19.1 Å². The summed E-state index contributed by atoms with van der Waals surface area (Å²) in [7, 11) is 1.44. The van der Waals surface area contributed by atoms with Gasteiger partial charge in [-0.15, -0.1) is 0 Å². The van der Waals surface area contributed by atoms with Gasteiger partial charge in [-0.1, -0.05) is 0 Å². The zero-order valence-electron chi connectivity index (χ0n) is 15.7. The van der Waals surface area contributed by atoms with E-state index in [1.54, 1.807) is 30.0 Å². The van der Waals surface area contributed by atoms with Crippen LogP contribution < -0.4 is 15.0 Å². The van der Waals surface area contributed by atoms with Crippen LogP contribution in [0.2, 0.25) is 0 Å². The fourth-order valence-corrected chi connectivity index (χ4v) is 3.35. The summed E-state index contributed by atoms with van der Waals surface area (Å²) < 4.78 is 10.5. The number of carbonyl (C=O) groups excluding carboxylic acids is 3. The summed E-state index contributed by atoms with van der Waals surface area (Å²) in [5.41, 5.74) is 0.996. The van der Waals surface area contributed by atoms with Crippen molar-refractivity contribution in [1.29, 1.82) is 0 Å². The lowest BCUT2D eigenvalue weighted by atomic mass is 10.1. The van der Waals surface area contributed by atoms with E-state index in [1.165, 1.54) is 12.0 Å². The monoisotopic (exact) mass is 375 g/mol. The summed E-state index contributed by atoms with van der Waals surface area (Å²) in [6.45, 7) is 3.02. The molecule has 8 heteroatoms. The first-order chi connectivity index (χ1) is 13.0. The molecule has 1 fully saturated rings. The molecule has 8 nitrogen and oxygen atoms in total. The third-order valence-corrected chi connectivity index (χ3v) is 4.73. The van der Waals surface area contributed by atoms with Gasteiger partial charge >= 0.3 is 0 Å². The van der Waals surface area contributed by atoms with Crippen molar-refractivity contribution in [3.8, 4) is 5.75 Å². The Labute approximate surface area is 158 Å². The number of fused-ring (bicyclic) bond motifs is 1. The van der Waals surface area contributed by atoms with Crippen LogP contribution in [0.4, 0.5) is 11.4 Å². The summed E-state index contributed by atoms with van der Waals surface area (Å²) in [6, 6.07) is 5.04. The molecule has 2 heterocycles. The first-order valence-electron chi connectivity index (χ1n) is 9.18. The van der Waals surface area contributed by atoms with Gasteiger partial charge in [0.1, 0.15) is 18.9 Å². The molecule has 0 aromatic heterocycles. The summed E-state index contributed by atoms with van der Waals surface area (Å²) in [5.74, 6) is -0.131. The number of methoxy groups -OCH3 is 1. The third-order valence-electron chi connectivity index (χ3n) is 4.73. The summed E-state index contributed by atoms with van der Waals surface area (Å²) >= 11 is 0. The number of likely N-dealkylation sites (tertiary alicyclic amines) is 1. The van der Waals surface area contributed by atoms with E-state index in [0.29, 0.717) is 17.1 Å². The standard InChI is InChI=1S/C19H25N3O5/c1-13-19(25)22(11-18(24)21-8-4-3-5-9-21)15-10-14(6-7-16(15)27-13)20-17(23)12-26-2/h6-7,10,13H,3-5,8-9,11-12H2,1-2H3,(H,20,23). The van der Waals surface area contributed by atoms with Gasteiger partial charge in [-0.2, -0.15) is 0 Å². The Bertz CT molecular complexity index is 730. The number of nitrogens with one attached hydrogen (secondary N) is 1. The van der Waals surface area contributed by atoms with E-state index < -0.39 is 6.10 Å². The number of piperidine rings is 1. The molecule has 0 bridgehead atoms. The van der Waals surface area contributed by atoms with E-state index in [1.807, 2.05) is 0 Å². The van der Waals surface area contributed by atoms with Crippen LogP contribution in [0.25, 0.3) is 0 Å². The summed E-state index contributed by atoms with van der Waals surface area (Å²) in [5, 5.41) is 2.70. The Kier molecular flexibility index (Phi) is 5.95. The van der Waals surface area contributed by atoms with Crippen molar-refractivity contribution in [3.63, 3.8) is 0 Å². The number of ether oxygens (including phenoxy) is 2. The lowest BCUT2D eigenvalue weighted by Crippen LogP contribution is -2.50. The second kappa shape index (κ2) is 8.39. The van der Waals surface area contributed by atoms with Gasteiger partial charge in [-0.3, -0.25) is 19.3 Å². The molecule has 0 radical (unpaired) electrons. The zero-order valence-corrected chi connectivity index (χ0v) is 15.7. The fourth-order valence-electron chi connectivity index (χ4n) is 3.35. The fraction of sp³-hybridized carbons (Fsp3) is 0.526. The number of amides is 3. The Morgan fingerprint density at radius 2 is 2.00 bits per heavy atom. The van der Waals surface area contributed by atoms with E-state index >= 15 is 0 Å². The van der Waals surface area contributed by atoms with Gasteiger partial charge in [0, 0.05) is 25.9 Å². The lowest BCUT2D eigenvalue weighted by molar-refractivity contribution is -0.133. The molecule has 3 amide bonds. The van der Waals surface area contributed by atoms with E-state index in [-0.39, 0.29) is 30.9 Å². The maximum atomic E-state index is 12.7. The SMILES string of the molecule is COCC(=O)Nc1ccc2c(c1)N(CC(=O)N1CCCCC1)C(=O)C(C)O2. The molecule has 1 aromatic rings. The van der Waals surface area contributed by atoms with E-state index in [2.05, 4.69) is 5.32 Å². The Morgan fingerprint density at radius 1 is 1.26 bits per heavy atom. The highest BCUT2D eigenvalue weighted by atomic mass is 16.5. The molecule has 1 aromatic carbocycles. The second-order valence-corrected chi connectivity index (χ2v) is 6.79. The maximum Gasteiger partial charge on any atom is 0.268 e. The lowest BCUT2D eigenvalue weighted by Gasteiger charge is -2.35. The minimum absolute atomic E-state index is 0.0327. The smallest absolute Gasteiger partial charge is 0.268 e. The first-order valence-corrected chi connectivity index (χ1v) is 9.18. The molecule has 0 aliphatic carbocycles. The van der Waals surface area contributed by atoms with Crippen LogP contribution in [0.3, 0.4) is 0 Å². The van der Waals surface area contributed by atoms with Crippen LogP contribution in [0.5, 0.6) is 5.75 Å². The molecule has 1 atom stereocenters. The van der Waals surface area contributed by atoms with Crippen LogP contribution in [0, 0.1) is 0 Å². The van der Waals surface area contributed by atoms with Crippen LogP contribution >= 0.6 is 0 Å². The molecule has 1 N–H and O–H groups in total. The minimum Gasteiger partial charge on any atom is -0.479 e. The average molecular weight is 375 g/mol. The predicted octanol–water partition coefficient (Wildman–Crippen LogP) is 1.40. The largest absolute Gasteiger partial charge is 0.479 e. The molecule has 2 aliphatic rings. The highest BCUT2D eigenvalue weighted by molar-refractivity contribution is 6.04. The van der Waals surface area contributed by atoms with Gasteiger partial charge in [0.05, 0.1) is 5.69 Å². The molecule has 146 valence electrons. The number of nitrogens with zero attached hydrogens (tertiary/aromatic N) is 2. The van der Waals surface area contributed by atoms with Gasteiger partial charge in [-0.05, 0) is 44.4 Å². The average Bonchev–Trinajstić information content (AvgIpc) is 2.66. The molecule has 0 spiro atoms. The maximum absolute atomic E-state index is 12.7. The van der Waals surface area contributed by atoms with Crippen molar-refractivity contribution >= 4 is 29.1 Å². The van der Waals surface area contributed by atoms with E-state index in [4.69, 9.17) is 9.47 Å². The number of rotatable bonds is 5. The first kappa shape index (κ1) is 19.2. The van der Waals surface area contributed by atoms with Crippen molar-refractivity contribution in [2.75, 3.05) is 43.6 Å². The topological polar surface area (TPSA) is 88.2 Å². The number of benzene rings is 1. The third kappa shape index (κ3) is 4.39. The zero-order chi connectivity index (χ0) is 19.4. The normalized spacial score (nSPS) is 19.3. The Hall–Kier alpha value is -2.61. The number of carbonyl (C=O) groups is 3. The molecule has 3 rings (SSSR count). The van der Waals surface area contributed by atoms with E-state index in [0.717, 1.165) is 32.4 Å². The summed E-state index contributed by atoms with van der Waals surface area (Å²) in [4.78, 5) is 40.4. The highest BCUT2D eigenvalue weighted by Crippen LogP contribution is 2.36. The predicted molar refractivity (Wildman–Crippen MR) is 99.8 cm³/mol. The molecule has 1 saturated heterocycles. The second-order valence-electron chi connectivity index (χ2n) is 6.79. The van der Waals surface area contributed by atoms with Gasteiger partial charge < -0.3 is 19.7 Å². The molecular formula is C19H25N3O5. The van der Waals surface area contributed by atoms with Crippen molar-refractivity contribution in [2.45, 2.75) is 32.3 Å². The Morgan fingerprint density at radius 3 is 2.70 bits per heavy atom. The van der Waals surface area contributed by atoms with E-state index in [9.17, 15) is 14.4 Å². The molecule has 1 unspecified atom stereocenters. The Balaban J connectivity index is 1.82. The molecule has 0 saturated carbocycles. The van der Waals surface area contributed by atoms with Gasteiger partial charge in [0.2, 0.25) is 11.8 Å². The highest BCUT2D eigenvalue weighted by Gasteiger charge is 2.34. The van der Waals surface area contributed by atoms with Gasteiger partial charge in [-0.25, -0.2) is 0 Å². The van der Waals surface area contributed by atoms with Gasteiger partial charge in [0.15, 0.2) is 6.10 Å². The van der Waals surface area contributed by atoms with Crippen molar-refractivity contribution < 1.29 is 23.9 Å². The molecule has 27 heavy (non-hydrogen) atoms. The molecular weight excluding hydrogens is 350 g/mol. The number of hydrogen-bond donors (Lipinski definition) is 1. The van der Waals surface area contributed by atoms with Crippen molar-refractivity contribution in [3.05, 3.63) is 18.2 Å². The number of anilines is 2. The quantitative estimate of drug-likeness (QED) is 0.840. The minimum atomic E-state index is -0.666. The van der Waals surface area contributed by atoms with Crippen LogP contribution in [-0.4, -0.2) is 62.1 Å². The van der Waals surface area contributed by atoms with Gasteiger partial charge in [0.25, 0.3) is 5.91 Å². The van der Waals surface area contributed by atoms with Crippen LogP contribution in [0.1, 0.15) is 26.2 Å². The van der Waals surface area contributed by atoms with Crippen molar-refractivity contribution in [2.24, 2.45) is 0 Å². The van der Waals surface area contributed by atoms with Crippen LogP contribution in [0.15, 0.2) is 18.2 Å². The number of hydrogen-bond acceptors (Lipinski definition) is 5.